The Kier molecular flexibility index (Phi) is 11.5. The topological polar surface area (TPSA) is 118 Å². The summed E-state index contributed by atoms with van der Waals surface area (Å²) in [5.41, 5.74) is 1.67. The van der Waals surface area contributed by atoms with E-state index < -0.39 is 22.8 Å². The summed E-state index contributed by atoms with van der Waals surface area (Å²) in [6.45, 7) is 25.0. The summed E-state index contributed by atoms with van der Waals surface area (Å²) < 4.78 is 8.55. The van der Waals surface area contributed by atoms with Crippen molar-refractivity contribution in [3.05, 3.63) is 48.7 Å². The first-order valence-corrected chi connectivity index (χ1v) is 24.1. The number of rotatable bonds is 11. The molecular weight excluding hydrogens is 775 g/mol. The van der Waals surface area contributed by atoms with E-state index in [9.17, 15) is 14.7 Å². The van der Waals surface area contributed by atoms with E-state index in [1.54, 1.807) is 20.0 Å². The van der Waals surface area contributed by atoms with Crippen LogP contribution in [0.15, 0.2) is 42.9 Å². The third kappa shape index (κ3) is 7.01. The molecule has 62 heavy (non-hydrogen) atoms. The third-order valence-corrected chi connectivity index (χ3v) is 19.2. The van der Waals surface area contributed by atoms with Gasteiger partial charge in [0.25, 0.3) is 0 Å². The van der Waals surface area contributed by atoms with Crippen molar-refractivity contribution in [3.8, 4) is 11.3 Å². The monoisotopic (exact) mass is 852 g/mol. The Morgan fingerprint density at radius 2 is 1.71 bits per heavy atom. The van der Waals surface area contributed by atoms with Gasteiger partial charge in [0.05, 0.1) is 29.0 Å². The number of carbonyl (C=O) groups is 3. The Balaban J connectivity index is 1.08. The Morgan fingerprint density at radius 3 is 2.39 bits per heavy atom. The maximum Gasteiger partial charge on any atom is 0.309 e. The zero-order valence-corrected chi connectivity index (χ0v) is 39.8. The van der Waals surface area contributed by atoms with Crippen LogP contribution in [-0.2, 0) is 25.7 Å². The lowest BCUT2D eigenvalue weighted by Gasteiger charge is -2.73. The summed E-state index contributed by atoms with van der Waals surface area (Å²) in [6.07, 6.45) is 17.7. The molecular formula is C52H77N5O5. The number of pyridine rings is 1. The second-order valence-electron chi connectivity index (χ2n) is 23.4. The Bertz CT molecular complexity index is 2060. The predicted molar refractivity (Wildman–Crippen MR) is 243 cm³/mol. The molecule has 1 saturated heterocycles. The zero-order chi connectivity index (χ0) is 44.8. The fourth-order valence-electron chi connectivity index (χ4n) is 15.7. The van der Waals surface area contributed by atoms with Crippen LogP contribution in [0.1, 0.15) is 151 Å². The Hall–Kier alpha value is -3.53. The first kappa shape index (κ1) is 45.1. The summed E-state index contributed by atoms with van der Waals surface area (Å²) in [7, 11) is 4.22. The summed E-state index contributed by atoms with van der Waals surface area (Å²) in [6, 6.07) is 3.99. The van der Waals surface area contributed by atoms with Crippen LogP contribution in [0.3, 0.4) is 0 Å². The lowest BCUT2D eigenvalue weighted by atomic mass is 9.32. The van der Waals surface area contributed by atoms with Gasteiger partial charge in [0.1, 0.15) is 11.9 Å². The number of amides is 1. The summed E-state index contributed by atoms with van der Waals surface area (Å²) >= 11 is 0. The van der Waals surface area contributed by atoms with E-state index in [1.807, 2.05) is 12.3 Å². The van der Waals surface area contributed by atoms with Gasteiger partial charge in [-0.1, -0.05) is 46.8 Å². The van der Waals surface area contributed by atoms with Crippen molar-refractivity contribution in [2.24, 2.45) is 62.1 Å². The molecule has 5 aliphatic carbocycles. The van der Waals surface area contributed by atoms with Crippen molar-refractivity contribution in [2.75, 3.05) is 27.2 Å². The molecule has 0 spiro atoms. The van der Waals surface area contributed by atoms with Crippen LogP contribution in [0.2, 0.25) is 0 Å². The molecule has 3 heterocycles. The molecule has 2 aromatic heterocycles. The van der Waals surface area contributed by atoms with Crippen LogP contribution >= 0.6 is 0 Å². The Morgan fingerprint density at radius 1 is 0.952 bits per heavy atom. The molecule has 0 aromatic carbocycles. The van der Waals surface area contributed by atoms with Gasteiger partial charge in [-0.2, -0.15) is 0 Å². The van der Waals surface area contributed by atoms with Crippen LogP contribution in [0.5, 0.6) is 0 Å². The molecule has 11 atom stereocenters. The number of likely N-dealkylation sites (N-methyl/N-ethyl adjacent to an activating group) is 1. The number of ether oxygens (including phenoxy) is 1. The van der Waals surface area contributed by atoms with E-state index in [2.05, 4.69) is 93.8 Å². The van der Waals surface area contributed by atoms with Gasteiger partial charge in [-0.3, -0.25) is 19.4 Å². The highest BCUT2D eigenvalue weighted by Crippen LogP contribution is 2.78. The number of allylic oxidation sites excluding steroid dienone is 1. The van der Waals surface area contributed by atoms with E-state index in [1.165, 1.54) is 5.57 Å². The second-order valence-corrected chi connectivity index (χ2v) is 23.4. The van der Waals surface area contributed by atoms with Crippen LogP contribution < -0.4 is 0 Å². The van der Waals surface area contributed by atoms with Gasteiger partial charge in [0, 0.05) is 49.2 Å². The number of hydrogen-bond acceptors (Lipinski definition) is 7. The minimum absolute atomic E-state index is 0.0489. The first-order chi connectivity index (χ1) is 29.1. The lowest BCUT2D eigenvalue weighted by Crippen LogP contribution is -2.67. The number of aromatic nitrogens is 3. The standard InChI is InChI=1S/C52H77N5O5/c1-33(2)35-18-23-52(45(59)57-27-13-15-38(57)44-54-37(34-14-12-26-53-31-34)32-56(44)29-28-55(10)11)25-24-50(8)36(43(35)52)16-17-40-49(7)21-20-41(62-42(58)30-47(3,4)46(60)61)48(5,6)39(49)19-22-51(40,50)9/h12,14,26,31-32,35-36,38-41,43H,1,13,15-25,27-30H2,2-11H3,(H,60,61)/t35-,36+,38-,39-,40+,41-,43+,49-,50+,51+,52-/m0/s1. The highest BCUT2D eigenvalue weighted by atomic mass is 16.5. The molecule has 6 aliphatic rings. The molecule has 1 amide bonds. The van der Waals surface area contributed by atoms with Gasteiger partial charge < -0.3 is 24.2 Å². The number of esters is 1. The quantitative estimate of drug-likeness (QED) is 0.175. The normalized spacial score (nSPS) is 37.5. The molecule has 340 valence electrons. The average Bonchev–Trinajstić information content (AvgIpc) is 3.96. The number of carboxylic acid groups (broad SMARTS) is 1. The maximum absolute atomic E-state index is 15.9. The van der Waals surface area contributed by atoms with Gasteiger partial charge in [-0.15, -0.1) is 0 Å². The van der Waals surface area contributed by atoms with Crippen molar-refractivity contribution in [1.82, 2.24) is 24.3 Å². The fraction of sp³-hybridized carbons (Fsp3) is 0.750. The van der Waals surface area contributed by atoms with Gasteiger partial charge >= 0.3 is 11.9 Å². The van der Waals surface area contributed by atoms with E-state index in [0.717, 1.165) is 114 Å². The predicted octanol–water partition coefficient (Wildman–Crippen LogP) is 10.2. The number of imidazole rings is 1. The van der Waals surface area contributed by atoms with Crippen LogP contribution in [0, 0.1) is 62.1 Å². The number of hydrogen-bond donors (Lipinski definition) is 1. The van der Waals surface area contributed by atoms with Crippen LogP contribution in [0.25, 0.3) is 11.3 Å². The smallest absolute Gasteiger partial charge is 0.309 e. The minimum atomic E-state index is -1.16. The van der Waals surface area contributed by atoms with Gasteiger partial charge in [-0.05, 0) is 170 Å². The van der Waals surface area contributed by atoms with E-state index in [4.69, 9.17) is 9.72 Å². The van der Waals surface area contributed by atoms with Gasteiger partial charge in [-0.25, -0.2) is 4.98 Å². The highest BCUT2D eigenvalue weighted by Gasteiger charge is 2.72. The van der Waals surface area contributed by atoms with Crippen LogP contribution in [-0.4, -0.2) is 80.6 Å². The van der Waals surface area contributed by atoms with E-state index in [0.29, 0.717) is 29.6 Å². The highest BCUT2D eigenvalue weighted by molar-refractivity contribution is 5.85. The maximum atomic E-state index is 15.9. The molecule has 6 fully saturated rings. The number of nitrogens with zero attached hydrogens (tertiary/aromatic N) is 5. The molecule has 0 bridgehead atoms. The number of carbonyl (C=O) groups excluding carboxylic acids is 2. The lowest BCUT2D eigenvalue weighted by molar-refractivity contribution is -0.250. The molecule has 10 nitrogen and oxygen atoms in total. The van der Waals surface area contributed by atoms with E-state index >= 15 is 4.79 Å². The van der Waals surface area contributed by atoms with Crippen molar-refractivity contribution < 1.29 is 24.2 Å². The number of likely N-dealkylation sites (tertiary alicyclic amines) is 1. The SMILES string of the molecule is C=C(C)[C@@H]1CC[C@]2(C(=O)N3CCC[C@H]3c3nc(-c4cccnc4)cn3CCN(C)C)CC[C@]3(C)[C@H](CC[C@@H]4[C@@]5(C)CC[C@H](OC(=O)CC(C)(C)C(=O)O)C(C)(C)[C@@H]5CC[C@]43C)[C@@H]12. The summed E-state index contributed by atoms with van der Waals surface area (Å²) in [4.78, 5) is 55.1. The van der Waals surface area contributed by atoms with Crippen molar-refractivity contribution in [1.29, 1.82) is 0 Å². The number of fused-ring (bicyclic) bond motifs is 7. The molecule has 8 rings (SSSR count). The van der Waals surface area contributed by atoms with Crippen molar-refractivity contribution >= 4 is 17.8 Å². The van der Waals surface area contributed by atoms with E-state index in [-0.39, 0.29) is 46.1 Å². The molecule has 0 unspecified atom stereocenters. The summed E-state index contributed by atoms with van der Waals surface area (Å²) in [5.74, 6) is 1.98. The molecule has 5 saturated carbocycles. The average molecular weight is 852 g/mol. The van der Waals surface area contributed by atoms with Gasteiger partial charge in [0.15, 0.2) is 0 Å². The molecule has 0 radical (unpaired) electrons. The summed E-state index contributed by atoms with van der Waals surface area (Å²) in [5, 5.41) is 9.70. The molecule has 1 aliphatic heterocycles. The molecule has 10 heteroatoms. The fourth-order valence-corrected chi connectivity index (χ4v) is 15.7. The minimum Gasteiger partial charge on any atom is -0.481 e. The second kappa shape index (κ2) is 15.9. The Labute approximate surface area is 372 Å². The first-order valence-electron chi connectivity index (χ1n) is 24.1. The zero-order valence-electron chi connectivity index (χ0n) is 39.8. The van der Waals surface area contributed by atoms with Crippen LogP contribution in [0.4, 0.5) is 0 Å². The molecule has 2 aromatic rings. The largest absolute Gasteiger partial charge is 0.481 e. The number of aliphatic carboxylic acids is 1. The van der Waals surface area contributed by atoms with Crippen molar-refractivity contribution in [3.63, 3.8) is 0 Å². The molecule has 1 N–H and O–H groups in total. The van der Waals surface area contributed by atoms with Crippen molar-refractivity contribution in [2.45, 2.75) is 158 Å². The third-order valence-electron chi connectivity index (χ3n) is 19.2. The number of carboxylic acids is 1. The van der Waals surface area contributed by atoms with Gasteiger partial charge in [0.2, 0.25) is 5.91 Å².